The Kier molecular flexibility index (Phi) is 5.49. The lowest BCUT2D eigenvalue weighted by Crippen LogP contribution is -2.46. The van der Waals surface area contributed by atoms with Gasteiger partial charge in [-0.15, -0.1) is 0 Å². The summed E-state index contributed by atoms with van der Waals surface area (Å²) in [5.41, 5.74) is -0.530. The van der Waals surface area contributed by atoms with Gasteiger partial charge in [0.25, 0.3) is 10.2 Å². The Morgan fingerprint density at radius 1 is 1.41 bits per heavy atom. The van der Waals surface area contributed by atoms with Crippen LogP contribution >= 0.6 is 0 Å². The number of hydrogen-bond donors (Lipinski definition) is 2. The molecule has 0 aliphatic carbocycles. The summed E-state index contributed by atoms with van der Waals surface area (Å²) in [6, 6.07) is 3.21. The quantitative estimate of drug-likeness (QED) is 0.859. The van der Waals surface area contributed by atoms with Gasteiger partial charge in [0.05, 0.1) is 11.7 Å². The first kappa shape index (κ1) is 17.3. The molecular formula is C14H20F2N2O3S. The summed E-state index contributed by atoms with van der Waals surface area (Å²) >= 11 is 0. The second-order valence-corrected chi connectivity index (χ2v) is 7.37. The van der Waals surface area contributed by atoms with Gasteiger partial charge in [-0.1, -0.05) is 13.0 Å². The van der Waals surface area contributed by atoms with Gasteiger partial charge in [-0.05, 0) is 30.9 Å². The largest absolute Gasteiger partial charge is 0.387 e. The van der Waals surface area contributed by atoms with Crippen LogP contribution < -0.4 is 4.72 Å². The molecule has 0 spiro atoms. The number of halogens is 2. The first-order valence-electron chi connectivity index (χ1n) is 7.18. The molecule has 1 aliphatic rings. The van der Waals surface area contributed by atoms with Gasteiger partial charge >= 0.3 is 0 Å². The molecule has 2 N–H and O–H groups in total. The molecule has 1 aromatic rings. The topological polar surface area (TPSA) is 69.6 Å². The molecule has 1 aromatic carbocycles. The van der Waals surface area contributed by atoms with Crippen LogP contribution in [0.3, 0.4) is 0 Å². The Hall–Kier alpha value is -1.09. The van der Waals surface area contributed by atoms with Gasteiger partial charge in [-0.25, -0.2) is 8.78 Å². The number of aliphatic hydroxyl groups is 1. The summed E-state index contributed by atoms with van der Waals surface area (Å²) in [4.78, 5) is 0. The van der Waals surface area contributed by atoms with Crippen LogP contribution in [-0.4, -0.2) is 37.5 Å². The number of hydrogen-bond acceptors (Lipinski definition) is 3. The minimum Gasteiger partial charge on any atom is -0.387 e. The number of benzene rings is 1. The van der Waals surface area contributed by atoms with Crippen LogP contribution in [0.15, 0.2) is 18.2 Å². The van der Waals surface area contributed by atoms with E-state index in [4.69, 9.17) is 0 Å². The summed E-state index contributed by atoms with van der Waals surface area (Å²) < 4.78 is 54.9. The third-order valence-corrected chi connectivity index (χ3v) is 5.29. The predicted molar refractivity (Wildman–Crippen MR) is 78.2 cm³/mol. The van der Waals surface area contributed by atoms with Crippen LogP contribution in [-0.2, 0) is 10.2 Å². The lowest BCUT2D eigenvalue weighted by molar-refractivity contribution is 0.170. The van der Waals surface area contributed by atoms with Crippen molar-refractivity contribution in [2.24, 2.45) is 5.92 Å². The summed E-state index contributed by atoms with van der Waals surface area (Å²) in [6.45, 7) is 2.29. The van der Waals surface area contributed by atoms with Crippen molar-refractivity contribution in [2.45, 2.75) is 25.9 Å². The maximum absolute atomic E-state index is 13.5. The molecule has 2 atom stereocenters. The van der Waals surface area contributed by atoms with Gasteiger partial charge in [-0.3, -0.25) is 0 Å². The number of nitrogens with zero attached hydrogens (tertiary/aromatic N) is 1. The molecule has 0 bridgehead atoms. The molecule has 8 heteroatoms. The third kappa shape index (κ3) is 4.01. The van der Waals surface area contributed by atoms with Crippen molar-refractivity contribution in [1.82, 2.24) is 9.03 Å². The number of rotatable bonds is 5. The fourth-order valence-corrected chi connectivity index (χ4v) is 3.94. The van der Waals surface area contributed by atoms with Crippen LogP contribution in [0.4, 0.5) is 8.78 Å². The minimum atomic E-state index is -3.77. The monoisotopic (exact) mass is 334 g/mol. The maximum atomic E-state index is 13.5. The van der Waals surface area contributed by atoms with Gasteiger partial charge in [-0.2, -0.15) is 17.4 Å². The fourth-order valence-electron chi connectivity index (χ4n) is 2.57. The van der Waals surface area contributed by atoms with Crippen molar-refractivity contribution < 1.29 is 22.3 Å². The van der Waals surface area contributed by atoms with E-state index >= 15 is 0 Å². The molecule has 124 valence electrons. The van der Waals surface area contributed by atoms with Crippen LogP contribution in [0.5, 0.6) is 0 Å². The lowest BCUT2D eigenvalue weighted by atomic mass is 10.0. The molecule has 1 aliphatic heterocycles. The summed E-state index contributed by atoms with van der Waals surface area (Å²) in [5, 5.41) is 9.87. The molecule has 0 radical (unpaired) electrons. The first-order valence-corrected chi connectivity index (χ1v) is 8.62. The Bertz CT molecular complexity index is 604. The number of piperidine rings is 1. The standard InChI is InChI=1S/C14H20F2N2O3S/c1-10-4-3-7-18(9-10)22(20,21)17-8-13(19)14-11(15)5-2-6-12(14)16/h2,5-6,10,13,17,19H,3-4,7-9H2,1H3/t10-,13-/m1/s1. The SMILES string of the molecule is C[C@@H]1CCCN(S(=O)(=O)NC[C@@H](O)c2c(F)cccc2F)C1. The smallest absolute Gasteiger partial charge is 0.279 e. The Morgan fingerprint density at radius 2 is 2.05 bits per heavy atom. The lowest BCUT2D eigenvalue weighted by Gasteiger charge is -2.30. The van der Waals surface area contributed by atoms with Crippen LogP contribution in [0.1, 0.15) is 31.4 Å². The van der Waals surface area contributed by atoms with Crippen molar-refractivity contribution >= 4 is 10.2 Å². The van der Waals surface area contributed by atoms with E-state index in [-0.39, 0.29) is 5.92 Å². The highest BCUT2D eigenvalue weighted by Crippen LogP contribution is 2.21. The molecule has 2 rings (SSSR count). The zero-order chi connectivity index (χ0) is 16.3. The van der Waals surface area contributed by atoms with Gasteiger partial charge < -0.3 is 5.11 Å². The van der Waals surface area contributed by atoms with E-state index in [2.05, 4.69) is 4.72 Å². The van der Waals surface area contributed by atoms with E-state index in [0.29, 0.717) is 13.1 Å². The van der Waals surface area contributed by atoms with Gasteiger partial charge in [0.15, 0.2) is 0 Å². The summed E-state index contributed by atoms with van der Waals surface area (Å²) in [6.07, 6.45) is 0.153. The molecule has 0 saturated carbocycles. The maximum Gasteiger partial charge on any atom is 0.279 e. The Labute approximate surface area is 129 Å². The Morgan fingerprint density at radius 3 is 2.64 bits per heavy atom. The van der Waals surface area contributed by atoms with Gasteiger partial charge in [0, 0.05) is 19.6 Å². The molecule has 1 saturated heterocycles. The average Bonchev–Trinajstić information content (AvgIpc) is 2.45. The molecule has 0 unspecified atom stereocenters. The van der Waals surface area contributed by atoms with E-state index in [0.717, 1.165) is 25.0 Å². The van der Waals surface area contributed by atoms with Crippen LogP contribution in [0.25, 0.3) is 0 Å². The van der Waals surface area contributed by atoms with Crippen molar-refractivity contribution in [2.75, 3.05) is 19.6 Å². The van der Waals surface area contributed by atoms with E-state index in [1.54, 1.807) is 0 Å². The summed E-state index contributed by atoms with van der Waals surface area (Å²) in [7, 11) is -3.77. The zero-order valence-corrected chi connectivity index (χ0v) is 13.1. The molecule has 0 aromatic heterocycles. The van der Waals surface area contributed by atoms with Crippen LogP contribution in [0.2, 0.25) is 0 Å². The Balaban J connectivity index is 2.02. The second kappa shape index (κ2) is 6.99. The molecule has 22 heavy (non-hydrogen) atoms. The second-order valence-electron chi connectivity index (χ2n) is 5.61. The third-order valence-electron chi connectivity index (χ3n) is 3.75. The molecule has 0 amide bonds. The van der Waals surface area contributed by atoms with Gasteiger partial charge in [0.2, 0.25) is 0 Å². The van der Waals surface area contributed by atoms with Crippen molar-refractivity contribution in [3.63, 3.8) is 0 Å². The highest BCUT2D eigenvalue weighted by atomic mass is 32.2. The van der Waals surface area contributed by atoms with Crippen LogP contribution in [0, 0.1) is 17.6 Å². The normalized spacial score (nSPS) is 21.7. The first-order chi connectivity index (χ1) is 10.3. The van der Waals surface area contributed by atoms with E-state index in [9.17, 15) is 22.3 Å². The minimum absolute atomic E-state index is 0.263. The van der Waals surface area contributed by atoms with Crippen molar-refractivity contribution in [3.8, 4) is 0 Å². The molecule has 1 heterocycles. The predicted octanol–water partition coefficient (Wildman–Crippen LogP) is 1.56. The number of aliphatic hydroxyl groups excluding tert-OH is 1. The van der Waals surface area contributed by atoms with Crippen molar-refractivity contribution in [3.05, 3.63) is 35.4 Å². The molecular weight excluding hydrogens is 314 g/mol. The fraction of sp³-hybridized carbons (Fsp3) is 0.571. The highest BCUT2D eigenvalue weighted by Gasteiger charge is 2.28. The van der Waals surface area contributed by atoms with E-state index in [1.165, 1.54) is 10.4 Å². The van der Waals surface area contributed by atoms with Gasteiger partial charge in [0.1, 0.15) is 11.6 Å². The molecule has 5 nitrogen and oxygen atoms in total. The van der Waals surface area contributed by atoms with E-state index in [1.807, 2.05) is 6.92 Å². The van der Waals surface area contributed by atoms with Crippen molar-refractivity contribution in [1.29, 1.82) is 0 Å². The summed E-state index contributed by atoms with van der Waals surface area (Å²) in [5.74, 6) is -1.55. The number of nitrogens with one attached hydrogen (secondary N) is 1. The average molecular weight is 334 g/mol. The van der Waals surface area contributed by atoms with E-state index < -0.39 is 40.1 Å². The molecule has 1 fully saturated rings. The highest BCUT2D eigenvalue weighted by molar-refractivity contribution is 7.87. The zero-order valence-electron chi connectivity index (χ0n) is 12.3.